The first-order valence-electron chi connectivity index (χ1n) is 7.64. The van der Waals surface area contributed by atoms with Crippen molar-refractivity contribution in [3.8, 4) is 5.75 Å². The van der Waals surface area contributed by atoms with Gasteiger partial charge in [-0.1, -0.05) is 12.1 Å². The van der Waals surface area contributed by atoms with Gasteiger partial charge in [-0.05, 0) is 60.7 Å². The summed E-state index contributed by atoms with van der Waals surface area (Å²) in [4.78, 5) is 0.291. The van der Waals surface area contributed by atoms with E-state index in [-0.39, 0.29) is 0 Å². The molecule has 0 aromatic heterocycles. The van der Waals surface area contributed by atoms with Gasteiger partial charge in [-0.15, -0.1) is 0 Å². The van der Waals surface area contributed by atoms with Crippen LogP contribution in [0, 0.1) is 0 Å². The second kappa shape index (κ2) is 6.60. The molecule has 0 atom stereocenters. The van der Waals surface area contributed by atoms with Crippen LogP contribution in [0.4, 0.5) is 5.69 Å². The van der Waals surface area contributed by atoms with Gasteiger partial charge in [-0.2, -0.15) is 0 Å². The number of rotatable bonds is 5. The van der Waals surface area contributed by atoms with Crippen LogP contribution < -0.4 is 15.2 Å². The van der Waals surface area contributed by atoms with Gasteiger partial charge in [0.05, 0.1) is 11.5 Å². The molecule has 1 aliphatic rings. The van der Waals surface area contributed by atoms with Crippen LogP contribution in [0.3, 0.4) is 0 Å². The minimum absolute atomic E-state index is 0.291. The highest BCUT2D eigenvalue weighted by atomic mass is 32.2. The van der Waals surface area contributed by atoms with E-state index in [1.54, 1.807) is 18.2 Å². The normalized spacial score (nSPS) is 14.1. The number of aryl methyl sites for hydroxylation is 1. The van der Waals surface area contributed by atoms with Gasteiger partial charge in [0.25, 0.3) is 0 Å². The van der Waals surface area contributed by atoms with Crippen LogP contribution in [0.2, 0.25) is 0 Å². The van der Waals surface area contributed by atoms with E-state index in [9.17, 15) is 8.42 Å². The average molecular weight is 332 g/mol. The minimum atomic E-state index is -3.50. The Balaban J connectivity index is 1.65. The Kier molecular flexibility index (Phi) is 4.54. The van der Waals surface area contributed by atoms with Crippen molar-refractivity contribution in [2.24, 2.45) is 0 Å². The quantitative estimate of drug-likeness (QED) is 0.822. The Morgan fingerprint density at radius 2 is 1.91 bits per heavy atom. The van der Waals surface area contributed by atoms with Gasteiger partial charge < -0.3 is 10.5 Å². The van der Waals surface area contributed by atoms with Crippen LogP contribution in [0.5, 0.6) is 5.75 Å². The predicted molar refractivity (Wildman–Crippen MR) is 90.0 cm³/mol. The summed E-state index contributed by atoms with van der Waals surface area (Å²) in [6.07, 6.45) is 2.39. The molecular weight excluding hydrogens is 312 g/mol. The summed E-state index contributed by atoms with van der Waals surface area (Å²) < 4.78 is 32.9. The van der Waals surface area contributed by atoms with Crippen LogP contribution in [0.15, 0.2) is 47.4 Å². The largest absolute Gasteiger partial charge is 0.493 e. The molecule has 0 spiro atoms. The zero-order valence-corrected chi connectivity index (χ0v) is 13.6. The summed E-state index contributed by atoms with van der Waals surface area (Å²) in [6, 6.07) is 12.5. The lowest BCUT2D eigenvalue weighted by Gasteiger charge is -2.18. The smallest absolute Gasteiger partial charge is 0.240 e. The molecule has 0 aliphatic carbocycles. The molecule has 3 rings (SSSR count). The topological polar surface area (TPSA) is 81.4 Å². The van der Waals surface area contributed by atoms with Crippen LogP contribution in [0.25, 0.3) is 0 Å². The molecule has 23 heavy (non-hydrogen) atoms. The highest BCUT2D eigenvalue weighted by molar-refractivity contribution is 7.89. The zero-order valence-electron chi connectivity index (χ0n) is 12.8. The SMILES string of the molecule is Nc1ccc(CCNS(=O)(=O)c2ccc3c(c2)CCCO3)cc1. The van der Waals surface area contributed by atoms with Crippen molar-refractivity contribution < 1.29 is 13.2 Å². The van der Waals surface area contributed by atoms with Gasteiger partial charge in [0.2, 0.25) is 10.0 Å². The van der Waals surface area contributed by atoms with E-state index in [0.717, 1.165) is 29.7 Å². The molecule has 1 aliphatic heterocycles. The molecule has 2 aromatic carbocycles. The lowest BCUT2D eigenvalue weighted by atomic mass is 10.1. The molecule has 0 fully saturated rings. The summed E-state index contributed by atoms with van der Waals surface area (Å²) in [5.74, 6) is 0.789. The molecular formula is C17H20N2O3S. The van der Waals surface area contributed by atoms with Gasteiger partial charge in [0.1, 0.15) is 5.75 Å². The van der Waals surface area contributed by atoms with Crippen LogP contribution in [-0.2, 0) is 22.9 Å². The van der Waals surface area contributed by atoms with Gasteiger partial charge in [0.15, 0.2) is 0 Å². The van der Waals surface area contributed by atoms with E-state index in [2.05, 4.69) is 4.72 Å². The monoisotopic (exact) mass is 332 g/mol. The molecule has 0 saturated carbocycles. The third-order valence-corrected chi connectivity index (χ3v) is 5.33. The van der Waals surface area contributed by atoms with E-state index in [1.165, 1.54) is 0 Å². The number of nitrogens with one attached hydrogen (secondary N) is 1. The number of sulfonamides is 1. The number of nitrogen functional groups attached to an aromatic ring is 1. The molecule has 0 saturated heterocycles. The molecule has 0 unspecified atom stereocenters. The Morgan fingerprint density at radius 1 is 1.13 bits per heavy atom. The summed E-state index contributed by atoms with van der Waals surface area (Å²) in [5.41, 5.74) is 8.33. The number of nitrogens with two attached hydrogens (primary N) is 1. The number of anilines is 1. The van der Waals surface area contributed by atoms with Crippen molar-refractivity contribution in [1.82, 2.24) is 4.72 Å². The second-order valence-corrected chi connectivity index (χ2v) is 7.38. The lowest BCUT2D eigenvalue weighted by Crippen LogP contribution is -2.26. The number of hydrogen-bond acceptors (Lipinski definition) is 4. The predicted octanol–water partition coefficient (Wildman–Crippen LogP) is 2.11. The average Bonchev–Trinajstić information content (AvgIpc) is 2.56. The molecule has 2 aromatic rings. The molecule has 122 valence electrons. The van der Waals surface area contributed by atoms with Gasteiger partial charge >= 0.3 is 0 Å². The lowest BCUT2D eigenvalue weighted by molar-refractivity contribution is 0.288. The van der Waals surface area contributed by atoms with Gasteiger partial charge in [-0.25, -0.2) is 13.1 Å². The van der Waals surface area contributed by atoms with E-state index >= 15 is 0 Å². The maximum atomic E-state index is 12.4. The Morgan fingerprint density at radius 3 is 2.70 bits per heavy atom. The highest BCUT2D eigenvalue weighted by Gasteiger charge is 2.17. The summed E-state index contributed by atoms with van der Waals surface area (Å²) in [7, 11) is -3.50. The van der Waals surface area contributed by atoms with Crippen molar-refractivity contribution in [3.05, 3.63) is 53.6 Å². The number of ether oxygens (including phenoxy) is 1. The van der Waals surface area contributed by atoms with Crippen molar-refractivity contribution in [3.63, 3.8) is 0 Å². The third-order valence-electron chi connectivity index (χ3n) is 3.88. The first-order valence-corrected chi connectivity index (χ1v) is 9.13. The summed E-state index contributed by atoms with van der Waals surface area (Å²) in [6.45, 7) is 1.04. The van der Waals surface area contributed by atoms with E-state index in [4.69, 9.17) is 10.5 Å². The molecule has 5 nitrogen and oxygen atoms in total. The van der Waals surface area contributed by atoms with Gasteiger partial charge in [0, 0.05) is 12.2 Å². The van der Waals surface area contributed by atoms with Crippen molar-refractivity contribution >= 4 is 15.7 Å². The molecule has 0 amide bonds. The van der Waals surface area contributed by atoms with Crippen LogP contribution in [-0.4, -0.2) is 21.6 Å². The van der Waals surface area contributed by atoms with Crippen molar-refractivity contribution in [2.45, 2.75) is 24.2 Å². The fourth-order valence-electron chi connectivity index (χ4n) is 2.60. The molecule has 0 radical (unpaired) electrons. The van der Waals surface area contributed by atoms with Gasteiger partial charge in [-0.3, -0.25) is 0 Å². The molecule has 1 heterocycles. The highest BCUT2D eigenvalue weighted by Crippen LogP contribution is 2.27. The standard InChI is InChI=1S/C17H20N2O3S/c18-15-5-3-13(4-6-15)9-10-19-23(20,21)16-7-8-17-14(12-16)2-1-11-22-17/h3-8,12,19H,1-2,9-11,18H2. The van der Waals surface area contributed by atoms with E-state index in [1.807, 2.05) is 24.3 Å². The maximum Gasteiger partial charge on any atom is 0.240 e. The van der Waals surface area contributed by atoms with Crippen molar-refractivity contribution in [2.75, 3.05) is 18.9 Å². The number of hydrogen-bond donors (Lipinski definition) is 2. The molecule has 6 heteroatoms. The third kappa shape index (κ3) is 3.83. The van der Waals surface area contributed by atoms with E-state index in [0.29, 0.717) is 30.2 Å². The van der Waals surface area contributed by atoms with Crippen molar-refractivity contribution in [1.29, 1.82) is 0 Å². The molecule has 3 N–H and O–H groups in total. The Hall–Kier alpha value is -2.05. The fourth-order valence-corrected chi connectivity index (χ4v) is 3.68. The second-order valence-electron chi connectivity index (χ2n) is 5.61. The van der Waals surface area contributed by atoms with Crippen LogP contribution in [0.1, 0.15) is 17.5 Å². The Bertz CT molecular complexity index is 786. The fraction of sp³-hybridized carbons (Fsp3) is 0.294. The Labute approximate surface area is 136 Å². The molecule has 0 bridgehead atoms. The zero-order chi connectivity index (χ0) is 16.3. The summed E-state index contributed by atoms with van der Waals surface area (Å²) in [5, 5.41) is 0. The summed E-state index contributed by atoms with van der Waals surface area (Å²) >= 11 is 0. The first-order chi connectivity index (χ1) is 11.0. The maximum absolute atomic E-state index is 12.4. The van der Waals surface area contributed by atoms with E-state index < -0.39 is 10.0 Å². The number of benzene rings is 2. The first kappa shape index (κ1) is 15.8. The van der Waals surface area contributed by atoms with Crippen LogP contribution >= 0.6 is 0 Å². The number of fused-ring (bicyclic) bond motifs is 1. The minimum Gasteiger partial charge on any atom is -0.493 e.